The molecule has 1 rings (SSSR count). The summed E-state index contributed by atoms with van der Waals surface area (Å²) in [5, 5.41) is 6.66. The Hall–Kier alpha value is -1.43. The molecule has 0 aliphatic rings. The maximum atomic E-state index is 11.7. The Balaban J connectivity index is 2.32. The summed E-state index contributed by atoms with van der Waals surface area (Å²) in [5.74, 6) is -0.254. The second-order valence-electron chi connectivity index (χ2n) is 4.66. The van der Waals surface area contributed by atoms with E-state index in [0.717, 1.165) is 25.2 Å². The molecule has 0 radical (unpaired) electrons. The third-order valence-electron chi connectivity index (χ3n) is 3.14. The van der Waals surface area contributed by atoms with E-state index < -0.39 is 0 Å². The maximum absolute atomic E-state index is 11.7. The average Bonchev–Trinajstić information content (AvgIpc) is 2.51. The second kappa shape index (κ2) is 10.3. The summed E-state index contributed by atoms with van der Waals surface area (Å²) in [7, 11) is 0. The summed E-state index contributed by atoms with van der Waals surface area (Å²) in [6, 6.07) is 7.23. The van der Waals surface area contributed by atoms with Crippen LogP contribution >= 0.6 is 23.8 Å². The van der Waals surface area contributed by atoms with Gasteiger partial charge in [0.2, 0.25) is 5.91 Å². The highest BCUT2D eigenvalue weighted by Gasteiger charge is 2.02. The van der Waals surface area contributed by atoms with Crippen LogP contribution in [0.4, 0.5) is 0 Å². The Morgan fingerprint density at radius 1 is 1.27 bits per heavy atom. The van der Waals surface area contributed by atoms with Crippen molar-refractivity contribution in [3.63, 3.8) is 0 Å². The van der Waals surface area contributed by atoms with Crippen LogP contribution < -0.4 is 10.6 Å². The van der Waals surface area contributed by atoms with Crippen molar-refractivity contribution in [3.05, 3.63) is 40.9 Å². The molecule has 0 heterocycles. The number of benzene rings is 1. The van der Waals surface area contributed by atoms with Gasteiger partial charge in [-0.1, -0.05) is 37.6 Å². The molecule has 0 bridgehead atoms. The molecule has 1 aromatic carbocycles. The lowest BCUT2D eigenvalue weighted by atomic mass is 10.2. The van der Waals surface area contributed by atoms with Gasteiger partial charge in [0.25, 0.3) is 0 Å². The van der Waals surface area contributed by atoms with E-state index in [4.69, 9.17) is 23.8 Å². The van der Waals surface area contributed by atoms with E-state index in [2.05, 4.69) is 29.4 Å². The van der Waals surface area contributed by atoms with Crippen LogP contribution in [0.15, 0.2) is 30.3 Å². The number of hydrogen-bond donors (Lipinski definition) is 2. The minimum atomic E-state index is -0.254. The first kappa shape index (κ1) is 18.6. The molecule has 0 saturated carbocycles. The highest BCUT2D eigenvalue weighted by atomic mass is 35.5. The van der Waals surface area contributed by atoms with Gasteiger partial charge in [0.05, 0.1) is 0 Å². The largest absolute Gasteiger partial charge is 0.361 e. The van der Waals surface area contributed by atoms with Crippen molar-refractivity contribution in [1.82, 2.24) is 15.5 Å². The summed E-state index contributed by atoms with van der Waals surface area (Å²) in [6.45, 7) is 7.84. The molecule has 2 N–H and O–H groups in total. The summed E-state index contributed by atoms with van der Waals surface area (Å²) >= 11 is 10.9. The SMILES string of the molecule is CCN(CC)CCNC(=S)NC(=O)/C=C/c1ccc(Cl)cc1. The summed E-state index contributed by atoms with van der Waals surface area (Å²) in [6.07, 6.45) is 3.16. The monoisotopic (exact) mass is 339 g/mol. The molecule has 0 saturated heterocycles. The lowest BCUT2D eigenvalue weighted by molar-refractivity contribution is -0.115. The zero-order chi connectivity index (χ0) is 16.4. The number of halogens is 1. The van der Waals surface area contributed by atoms with Gasteiger partial charge >= 0.3 is 0 Å². The average molecular weight is 340 g/mol. The maximum Gasteiger partial charge on any atom is 0.250 e. The van der Waals surface area contributed by atoms with Crippen LogP contribution in [0.1, 0.15) is 19.4 Å². The number of thiocarbonyl (C=S) groups is 1. The first-order valence-corrected chi connectivity index (χ1v) is 8.08. The smallest absolute Gasteiger partial charge is 0.250 e. The van der Waals surface area contributed by atoms with E-state index in [-0.39, 0.29) is 5.91 Å². The van der Waals surface area contributed by atoms with Gasteiger partial charge in [0.15, 0.2) is 5.11 Å². The molecule has 6 heteroatoms. The number of amides is 1. The predicted octanol–water partition coefficient (Wildman–Crippen LogP) is 2.69. The molecule has 1 aromatic rings. The Kier molecular flexibility index (Phi) is 8.74. The fraction of sp³-hybridized carbons (Fsp3) is 0.375. The van der Waals surface area contributed by atoms with Crippen molar-refractivity contribution < 1.29 is 4.79 Å². The topological polar surface area (TPSA) is 44.4 Å². The number of nitrogens with zero attached hydrogens (tertiary/aromatic N) is 1. The molecular weight excluding hydrogens is 318 g/mol. The van der Waals surface area contributed by atoms with Crippen LogP contribution in [0.25, 0.3) is 6.08 Å². The van der Waals surface area contributed by atoms with Crippen LogP contribution in [0.5, 0.6) is 0 Å². The normalized spacial score (nSPS) is 10.9. The molecule has 120 valence electrons. The van der Waals surface area contributed by atoms with Crippen molar-refractivity contribution in [2.75, 3.05) is 26.2 Å². The number of carbonyl (C=O) groups is 1. The van der Waals surface area contributed by atoms with E-state index >= 15 is 0 Å². The Labute approximate surface area is 142 Å². The fourth-order valence-electron chi connectivity index (χ4n) is 1.81. The predicted molar refractivity (Wildman–Crippen MR) is 97.0 cm³/mol. The van der Waals surface area contributed by atoms with Gasteiger partial charge in [-0.3, -0.25) is 10.1 Å². The minimum absolute atomic E-state index is 0.254. The lowest BCUT2D eigenvalue weighted by Crippen LogP contribution is -2.42. The van der Waals surface area contributed by atoms with E-state index in [0.29, 0.717) is 16.7 Å². The number of carbonyl (C=O) groups excluding carboxylic acids is 1. The van der Waals surface area contributed by atoms with Crippen LogP contribution in [-0.4, -0.2) is 42.1 Å². The molecule has 0 aliphatic carbocycles. The van der Waals surface area contributed by atoms with Gasteiger partial charge in [0, 0.05) is 24.2 Å². The standard InChI is InChI=1S/C16H22ClN3OS/c1-3-20(4-2)12-11-18-16(22)19-15(21)10-7-13-5-8-14(17)9-6-13/h5-10H,3-4,11-12H2,1-2H3,(H2,18,19,21,22)/b10-7+. The van der Waals surface area contributed by atoms with Crippen LogP contribution in [0, 0.1) is 0 Å². The van der Waals surface area contributed by atoms with Crippen molar-refractivity contribution in [1.29, 1.82) is 0 Å². The molecule has 0 fully saturated rings. The molecular formula is C16H22ClN3OS. The van der Waals surface area contributed by atoms with E-state index in [1.807, 2.05) is 12.1 Å². The van der Waals surface area contributed by atoms with E-state index in [1.165, 1.54) is 6.08 Å². The highest BCUT2D eigenvalue weighted by Crippen LogP contribution is 2.10. The Morgan fingerprint density at radius 3 is 2.50 bits per heavy atom. The zero-order valence-electron chi connectivity index (χ0n) is 12.9. The van der Waals surface area contributed by atoms with Gasteiger partial charge in [-0.15, -0.1) is 0 Å². The molecule has 1 amide bonds. The van der Waals surface area contributed by atoms with Gasteiger partial charge in [-0.05, 0) is 49.1 Å². The van der Waals surface area contributed by atoms with Crippen molar-refractivity contribution in [2.45, 2.75) is 13.8 Å². The Morgan fingerprint density at radius 2 is 1.91 bits per heavy atom. The van der Waals surface area contributed by atoms with Gasteiger partial charge in [0.1, 0.15) is 0 Å². The molecule has 0 aliphatic heterocycles. The third-order valence-corrected chi connectivity index (χ3v) is 3.64. The number of rotatable bonds is 7. The number of likely N-dealkylation sites (N-methyl/N-ethyl adjacent to an activating group) is 1. The highest BCUT2D eigenvalue weighted by molar-refractivity contribution is 7.80. The number of hydrogen-bond acceptors (Lipinski definition) is 3. The molecule has 22 heavy (non-hydrogen) atoms. The first-order valence-electron chi connectivity index (χ1n) is 7.30. The summed E-state index contributed by atoms with van der Waals surface area (Å²) in [5.41, 5.74) is 0.903. The molecule has 4 nitrogen and oxygen atoms in total. The van der Waals surface area contributed by atoms with Crippen molar-refractivity contribution >= 4 is 40.9 Å². The first-order chi connectivity index (χ1) is 10.5. The summed E-state index contributed by atoms with van der Waals surface area (Å²) in [4.78, 5) is 14.0. The quantitative estimate of drug-likeness (QED) is 0.592. The van der Waals surface area contributed by atoms with Crippen LogP contribution in [0.3, 0.4) is 0 Å². The lowest BCUT2D eigenvalue weighted by Gasteiger charge is -2.18. The van der Waals surface area contributed by atoms with Gasteiger partial charge in [-0.2, -0.15) is 0 Å². The van der Waals surface area contributed by atoms with Gasteiger partial charge in [-0.25, -0.2) is 0 Å². The zero-order valence-corrected chi connectivity index (χ0v) is 14.5. The molecule has 0 spiro atoms. The van der Waals surface area contributed by atoms with E-state index in [1.54, 1.807) is 18.2 Å². The van der Waals surface area contributed by atoms with E-state index in [9.17, 15) is 4.79 Å². The molecule has 0 aromatic heterocycles. The summed E-state index contributed by atoms with van der Waals surface area (Å²) < 4.78 is 0. The number of nitrogens with one attached hydrogen (secondary N) is 2. The Bertz CT molecular complexity index is 513. The fourth-order valence-corrected chi connectivity index (χ4v) is 2.14. The van der Waals surface area contributed by atoms with Crippen LogP contribution in [0.2, 0.25) is 5.02 Å². The molecule has 0 unspecified atom stereocenters. The van der Waals surface area contributed by atoms with Crippen molar-refractivity contribution in [2.24, 2.45) is 0 Å². The second-order valence-corrected chi connectivity index (χ2v) is 5.50. The molecule has 0 atom stereocenters. The van der Waals surface area contributed by atoms with Crippen molar-refractivity contribution in [3.8, 4) is 0 Å². The van der Waals surface area contributed by atoms with Crippen LogP contribution in [-0.2, 0) is 4.79 Å². The third kappa shape index (κ3) is 7.54. The van der Waals surface area contributed by atoms with Gasteiger partial charge < -0.3 is 10.2 Å². The minimum Gasteiger partial charge on any atom is -0.361 e.